The highest BCUT2D eigenvalue weighted by Gasteiger charge is 2.15. The minimum Gasteiger partial charge on any atom is -0.492 e. The van der Waals surface area contributed by atoms with Gasteiger partial charge in [-0.25, -0.2) is 0 Å². The molecule has 0 amide bonds. The fourth-order valence-electron chi connectivity index (χ4n) is 3.28. The molecule has 1 aromatic carbocycles. The summed E-state index contributed by atoms with van der Waals surface area (Å²) in [5.74, 6) is 1.70. The predicted octanol–water partition coefficient (Wildman–Crippen LogP) is 1.86. The van der Waals surface area contributed by atoms with E-state index in [4.69, 9.17) is 14.2 Å². The van der Waals surface area contributed by atoms with E-state index in [0.717, 1.165) is 70.6 Å². The van der Waals surface area contributed by atoms with E-state index in [9.17, 15) is 0 Å². The number of rotatable bonds is 8. The van der Waals surface area contributed by atoms with Crippen molar-refractivity contribution >= 4 is 29.9 Å². The number of aliphatic imine (C=N–C) groups is 1. The summed E-state index contributed by atoms with van der Waals surface area (Å²) in [7, 11) is 1.79. The minimum absolute atomic E-state index is 0. The Balaban J connectivity index is 0.00000280. The summed E-state index contributed by atoms with van der Waals surface area (Å²) in [6, 6.07) is 8.21. The molecule has 0 aromatic heterocycles. The van der Waals surface area contributed by atoms with Crippen LogP contribution in [-0.4, -0.2) is 76.6 Å². The third-order valence-electron chi connectivity index (χ3n) is 4.88. The third-order valence-corrected chi connectivity index (χ3v) is 4.88. The average molecular weight is 504 g/mol. The molecule has 158 valence electrons. The molecule has 2 saturated heterocycles. The molecule has 2 aliphatic rings. The van der Waals surface area contributed by atoms with Crippen molar-refractivity contribution in [2.24, 2.45) is 4.99 Å². The Labute approximate surface area is 185 Å². The Morgan fingerprint density at radius 3 is 2.86 bits per heavy atom. The number of guanidine groups is 1. The van der Waals surface area contributed by atoms with Gasteiger partial charge in [0.15, 0.2) is 5.96 Å². The van der Waals surface area contributed by atoms with Gasteiger partial charge in [-0.15, -0.1) is 24.0 Å². The van der Waals surface area contributed by atoms with Gasteiger partial charge in [0.25, 0.3) is 0 Å². The molecule has 0 spiro atoms. The van der Waals surface area contributed by atoms with Gasteiger partial charge in [0, 0.05) is 46.4 Å². The lowest BCUT2D eigenvalue weighted by molar-refractivity contribution is 0.0322. The van der Waals surface area contributed by atoms with Crippen LogP contribution in [0.2, 0.25) is 0 Å². The molecule has 1 aromatic rings. The van der Waals surface area contributed by atoms with E-state index >= 15 is 0 Å². The molecule has 2 aliphatic heterocycles. The van der Waals surface area contributed by atoms with Gasteiger partial charge in [-0.3, -0.25) is 9.89 Å². The zero-order valence-electron chi connectivity index (χ0n) is 16.7. The fraction of sp³-hybridized carbons (Fsp3) is 0.650. The van der Waals surface area contributed by atoms with E-state index < -0.39 is 0 Å². The quantitative estimate of drug-likeness (QED) is 0.320. The van der Waals surface area contributed by atoms with Crippen LogP contribution in [0.5, 0.6) is 5.75 Å². The smallest absolute Gasteiger partial charge is 0.191 e. The van der Waals surface area contributed by atoms with Crippen molar-refractivity contribution in [3.63, 3.8) is 0 Å². The van der Waals surface area contributed by atoms with Crippen molar-refractivity contribution in [2.45, 2.75) is 25.5 Å². The van der Waals surface area contributed by atoms with Crippen molar-refractivity contribution in [3.05, 3.63) is 29.8 Å². The van der Waals surface area contributed by atoms with Crippen molar-refractivity contribution in [1.82, 2.24) is 15.5 Å². The molecule has 2 fully saturated rings. The van der Waals surface area contributed by atoms with Gasteiger partial charge in [0.1, 0.15) is 12.4 Å². The first-order valence-corrected chi connectivity index (χ1v) is 9.91. The highest BCUT2D eigenvalue weighted by molar-refractivity contribution is 14.0. The Morgan fingerprint density at radius 2 is 2.11 bits per heavy atom. The Bertz CT molecular complexity index is 591. The summed E-state index contributed by atoms with van der Waals surface area (Å²) in [5, 5.41) is 6.68. The monoisotopic (exact) mass is 504 g/mol. The van der Waals surface area contributed by atoms with Crippen LogP contribution in [0, 0.1) is 0 Å². The predicted molar refractivity (Wildman–Crippen MR) is 122 cm³/mol. The molecule has 1 atom stereocenters. The van der Waals surface area contributed by atoms with E-state index in [1.807, 2.05) is 12.1 Å². The fourth-order valence-corrected chi connectivity index (χ4v) is 3.28. The van der Waals surface area contributed by atoms with Crippen LogP contribution in [0.3, 0.4) is 0 Å². The van der Waals surface area contributed by atoms with Gasteiger partial charge >= 0.3 is 0 Å². The molecule has 28 heavy (non-hydrogen) atoms. The van der Waals surface area contributed by atoms with Crippen LogP contribution in [0.4, 0.5) is 0 Å². The average Bonchev–Trinajstić information content (AvgIpc) is 3.23. The highest BCUT2D eigenvalue weighted by atomic mass is 127. The Kier molecular flexibility index (Phi) is 10.9. The standard InChI is InChI=1S/C20H32N4O3.HI/c1-21-20(23-16-19-6-3-10-26-19)22-15-17-4-2-5-18(14-17)27-13-9-24-7-11-25-12-8-24;/h2,4-5,14,19H,3,6-13,15-16H2,1H3,(H2,21,22,23);1H. The second-order valence-corrected chi connectivity index (χ2v) is 6.89. The normalized spacial score (nSPS) is 20.5. The molecule has 1 unspecified atom stereocenters. The van der Waals surface area contributed by atoms with Crippen LogP contribution in [0.25, 0.3) is 0 Å². The van der Waals surface area contributed by atoms with Crippen molar-refractivity contribution < 1.29 is 14.2 Å². The number of hydrogen-bond acceptors (Lipinski definition) is 5. The number of morpholine rings is 1. The lowest BCUT2D eigenvalue weighted by atomic mass is 10.2. The number of halogens is 1. The largest absolute Gasteiger partial charge is 0.492 e. The van der Waals surface area contributed by atoms with Gasteiger partial charge < -0.3 is 24.8 Å². The molecule has 0 bridgehead atoms. The van der Waals surface area contributed by atoms with E-state index in [-0.39, 0.29) is 24.0 Å². The van der Waals surface area contributed by atoms with Crippen molar-refractivity contribution in [2.75, 3.05) is 59.7 Å². The topological polar surface area (TPSA) is 67.4 Å². The minimum atomic E-state index is 0. The zero-order valence-corrected chi connectivity index (χ0v) is 19.0. The Morgan fingerprint density at radius 1 is 1.25 bits per heavy atom. The first kappa shape index (κ1) is 23.2. The molecule has 7 nitrogen and oxygen atoms in total. The van der Waals surface area contributed by atoms with E-state index in [2.05, 4.69) is 32.7 Å². The summed E-state index contributed by atoms with van der Waals surface area (Å²) >= 11 is 0. The molecular formula is C20H33IN4O3. The van der Waals surface area contributed by atoms with Crippen LogP contribution in [0.1, 0.15) is 18.4 Å². The number of benzene rings is 1. The van der Waals surface area contributed by atoms with Crippen molar-refractivity contribution in [3.8, 4) is 5.75 Å². The van der Waals surface area contributed by atoms with Crippen LogP contribution >= 0.6 is 24.0 Å². The van der Waals surface area contributed by atoms with Crippen LogP contribution in [0.15, 0.2) is 29.3 Å². The number of nitrogens with zero attached hydrogens (tertiary/aromatic N) is 2. The molecule has 3 rings (SSSR count). The van der Waals surface area contributed by atoms with Gasteiger partial charge in [0.2, 0.25) is 0 Å². The molecule has 2 N–H and O–H groups in total. The van der Waals surface area contributed by atoms with Gasteiger partial charge in [0.05, 0.1) is 19.3 Å². The molecular weight excluding hydrogens is 471 g/mol. The first-order valence-electron chi connectivity index (χ1n) is 9.91. The summed E-state index contributed by atoms with van der Waals surface area (Å²) in [4.78, 5) is 6.65. The summed E-state index contributed by atoms with van der Waals surface area (Å²) < 4.78 is 16.9. The molecule has 0 aliphatic carbocycles. The van der Waals surface area contributed by atoms with Gasteiger partial charge in [-0.05, 0) is 30.5 Å². The van der Waals surface area contributed by atoms with Crippen LogP contribution < -0.4 is 15.4 Å². The van der Waals surface area contributed by atoms with Crippen molar-refractivity contribution in [1.29, 1.82) is 0 Å². The zero-order chi connectivity index (χ0) is 18.7. The maximum atomic E-state index is 5.92. The summed E-state index contributed by atoms with van der Waals surface area (Å²) in [6.45, 7) is 7.63. The van der Waals surface area contributed by atoms with Gasteiger partial charge in [-0.1, -0.05) is 12.1 Å². The maximum Gasteiger partial charge on any atom is 0.191 e. The Hall–Kier alpha value is -1.10. The molecule has 0 radical (unpaired) electrons. The number of hydrogen-bond donors (Lipinski definition) is 2. The maximum absolute atomic E-state index is 5.92. The molecule has 0 saturated carbocycles. The van der Waals surface area contributed by atoms with E-state index in [1.165, 1.54) is 5.56 Å². The number of ether oxygens (including phenoxy) is 3. The summed E-state index contributed by atoms with van der Waals surface area (Å²) in [6.07, 6.45) is 2.57. The van der Waals surface area contributed by atoms with Crippen LogP contribution in [-0.2, 0) is 16.0 Å². The molecule has 2 heterocycles. The second-order valence-electron chi connectivity index (χ2n) is 6.89. The van der Waals surface area contributed by atoms with E-state index in [0.29, 0.717) is 19.3 Å². The lowest BCUT2D eigenvalue weighted by Crippen LogP contribution is -2.40. The molecule has 8 heteroatoms. The lowest BCUT2D eigenvalue weighted by Gasteiger charge is -2.26. The second kappa shape index (κ2) is 13.2. The van der Waals surface area contributed by atoms with Gasteiger partial charge in [-0.2, -0.15) is 0 Å². The third kappa shape index (κ3) is 8.10. The van der Waals surface area contributed by atoms with E-state index in [1.54, 1.807) is 7.05 Å². The summed E-state index contributed by atoms with van der Waals surface area (Å²) in [5.41, 5.74) is 1.17. The SMILES string of the molecule is CN=C(NCc1cccc(OCCN2CCOCC2)c1)NCC1CCCO1.I. The number of nitrogens with one attached hydrogen (secondary N) is 2. The highest BCUT2D eigenvalue weighted by Crippen LogP contribution is 2.13. The first-order chi connectivity index (χ1) is 13.3.